The predicted octanol–water partition coefficient (Wildman–Crippen LogP) is 2.18. The van der Waals surface area contributed by atoms with E-state index in [2.05, 4.69) is 5.32 Å². The van der Waals surface area contributed by atoms with Gasteiger partial charge in [0.2, 0.25) is 10.9 Å². The standard InChI is InChI=1S/C17H18N2O6S2/c1-4-9(11-6-5-7-25-11)12-13(16(22)15(12)21)18-10-8-26-17(14(10)20)27(23,24)19(2)3/h5-9,18,20H,4H2,1-3H3/t9-/m0/s1. The van der Waals surface area contributed by atoms with Crippen molar-refractivity contribution in [3.8, 4) is 5.75 Å². The summed E-state index contributed by atoms with van der Waals surface area (Å²) in [6.07, 6.45) is 2.02. The molecule has 0 aliphatic heterocycles. The van der Waals surface area contributed by atoms with E-state index in [1.165, 1.54) is 25.7 Å². The molecule has 144 valence electrons. The van der Waals surface area contributed by atoms with Gasteiger partial charge in [-0.05, 0) is 18.6 Å². The zero-order valence-electron chi connectivity index (χ0n) is 14.8. The summed E-state index contributed by atoms with van der Waals surface area (Å²) in [6.45, 7) is 1.86. The Morgan fingerprint density at radius 1 is 1.30 bits per heavy atom. The van der Waals surface area contributed by atoms with Gasteiger partial charge in [-0.1, -0.05) is 6.92 Å². The van der Waals surface area contributed by atoms with Crippen molar-refractivity contribution in [2.45, 2.75) is 23.5 Å². The van der Waals surface area contributed by atoms with Crippen molar-refractivity contribution in [3.05, 3.63) is 55.5 Å². The van der Waals surface area contributed by atoms with Crippen molar-refractivity contribution < 1.29 is 17.9 Å². The second-order valence-corrected chi connectivity index (χ2v) is 9.35. The van der Waals surface area contributed by atoms with Gasteiger partial charge in [0, 0.05) is 31.0 Å². The Morgan fingerprint density at radius 3 is 2.56 bits per heavy atom. The van der Waals surface area contributed by atoms with Crippen LogP contribution in [0.5, 0.6) is 5.75 Å². The Hall–Kier alpha value is -2.43. The molecule has 0 aliphatic carbocycles. The Balaban J connectivity index is 2.00. The largest absolute Gasteiger partial charge is 0.504 e. The minimum absolute atomic E-state index is 0.0464. The van der Waals surface area contributed by atoms with Crippen LogP contribution in [-0.4, -0.2) is 31.9 Å². The molecule has 2 aromatic heterocycles. The third-order valence-electron chi connectivity index (χ3n) is 4.30. The first-order valence-corrected chi connectivity index (χ1v) is 10.4. The highest BCUT2D eigenvalue weighted by Crippen LogP contribution is 2.41. The molecule has 0 unspecified atom stereocenters. The fraction of sp³-hybridized carbons (Fsp3) is 0.294. The van der Waals surface area contributed by atoms with E-state index < -0.39 is 32.5 Å². The quantitative estimate of drug-likeness (QED) is 0.573. The zero-order chi connectivity index (χ0) is 19.9. The average Bonchev–Trinajstić information content (AvgIpc) is 3.28. The summed E-state index contributed by atoms with van der Waals surface area (Å²) >= 11 is 0.824. The molecule has 2 N–H and O–H groups in total. The van der Waals surface area contributed by atoms with Crippen molar-refractivity contribution >= 4 is 32.7 Å². The van der Waals surface area contributed by atoms with E-state index in [0.717, 1.165) is 15.6 Å². The van der Waals surface area contributed by atoms with E-state index in [9.17, 15) is 23.1 Å². The maximum absolute atomic E-state index is 12.2. The second-order valence-electron chi connectivity index (χ2n) is 6.12. The lowest BCUT2D eigenvalue weighted by molar-refractivity contribution is 0.460. The SMILES string of the molecule is CC[C@@H](c1ccco1)c1c(Nc2csc(S(=O)(=O)N(C)C)c2O)c(=O)c1=O. The van der Waals surface area contributed by atoms with E-state index in [0.29, 0.717) is 12.2 Å². The summed E-state index contributed by atoms with van der Waals surface area (Å²) in [6, 6.07) is 3.42. The summed E-state index contributed by atoms with van der Waals surface area (Å²) in [5.74, 6) is -0.338. The number of anilines is 2. The molecule has 1 atom stereocenters. The number of nitrogens with one attached hydrogen (secondary N) is 1. The summed E-state index contributed by atoms with van der Waals surface area (Å²) in [5.41, 5.74) is -0.956. The van der Waals surface area contributed by atoms with Gasteiger partial charge >= 0.3 is 0 Å². The van der Waals surface area contributed by atoms with Crippen LogP contribution in [0.4, 0.5) is 11.4 Å². The smallest absolute Gasteiger partial charge is 0.255 e. The maximum atomic E-state index is 12.2. The van der Waals surface area contributed by atoms with Crippen LogP contribution in [0.25, 0.3) is 0 Å². The van der Waals surface area contributed by atoms with Crippen LogP contribution in [0.2, 0.25) is 0 Å². The molecule has 1 aromatic carbocycles. The van der Waals surface area contributed by atoms with E-state index in [-0.39, 0.29) is 21.1 Å². The normalized spacial score (nSPS) is 13.3. The van der Waals surface area contributed by atoms with Crippen LogP contribution < -0.4 is 16.2 Å². The number of aromatic hydroxyl groups is 1. The molecule has 0 spiro atoms. The van der Waals surface area contributed by atoms with Crippen LogP contribution in [-0.2, 0) is 10.0 Å². The second kappa shape index (κ2) is 6.95. The molecule has 3 rings (SSSR count). The van der Waals surface area contributed by atoms with Crippen LogP contribution in [0.15, 0.2) is 42.0 Å². The zero-order valence-corrected chi connectivity index (χ0v) is 16.5. The van der Waals surface area contributed by atoms with Gasteiger partial charge in [-0.3, -0.25) is 9.59 Å². The first-order chi connectivity index (χ1) is 12.7. The lowest BCUT2D eigenvalue weighted by Crippen LogP contribution is -2.39. The Kier molecular flexibility index (Phi) is 4.98. The van der Waals surface area contributed by atoms with Gasteiger partial charge in [-0.15, -0.1) is 11.3 Å². The Morgan fingerprint density at radius 2 is 2.00 bits per heavy atom. The van der Waals surface area contributed by atoms with Gasteiger partial charge in [-0.2, -0.15) is 0 Å². The van der Waals surface area contributed by atoms with E-state index in [1.807, 2.05) is 6.92 Å². The molecule has 0 fully saturated rings. The minimum atomic E-state index is -3.83. The van der Waals surface area contributed by atoms with Crippen molar-refractivity contribution in [2.75, 3.05) is 19.4 Å². The number of hydrogen-bond acceptors (Lipinski definition) is 8. The average molecular weight is 410 g/mol. The number of sulfonamides is 1. The van der Waals surface area contributed by atoms with Crippen molar-refractivity contribution in [2.24, 2.45) is 0 Å². The molecule has 0 amide bonds. The van der Waals surface area contributed by atoms with E-state index in [4.69, 9.17) is 4.42 Å². The van der Waals surface area contributed by atoms with Crippen molar-refractivity contribution in [1.82, 2.24) is 4.31 Å². The molecule has 27 heavy (non-hydrogen) atoms. The molecular formula is C17H18N2O6S2. The lowest BCUT2D eigenvalue weighted by atomic mass is 9.88. The predicted molar refractivity (Wildman–Crippen MR) is 102 cm³/mol. The molecule has 0 saturated heterocycles. The minimum Gasteiger partial charge on any atom is -0.504 e. The highest BCUT2D eigenvalue weighted by Gasteiger charge is 2.32. The summed E-state index contributed by atoms with van der Waals surface area (Å²) < 4.78 is 30.6. The molecule has 0 radical (unpaired) electrons. The molecule has 0 bridgehead atoms. The van der Waals surface area contributed by atoms with Gasteiger partial charge < -0.3 is 14.8 Å². The lowest BCUT2D eigenvalue weighted by Gasteiger charge is -2.19. The van der Waals surface area contributed by atoms with Gasteiger partial charge in [0.05, 0.1) is 17.6 Å². The van der Waals surface area contributed by atoms with Gasteiger partial charge in [0.15, 0.2) is 9.96 Å². The summed E-state index contributed by atoms with van der Waals surface area (Å²) in [5, 5.41) is 14.4. The van der Waals surface area contributed by atoms with Crippen molar-refractivity contribution in [3.63, 3.8) is 0 Å². The third kappa shape index (κ3) is 3.09. The maximum Gasteiger partial charge on any atom is 0.255 e. The molecule has 2 heterocycles. The van der Waals surface area contributed by atoms with Crippen LogP contribution in [0, 0.1) is 0 Å². The molecular weight excluding hydrogens is 392 g/mol. The van der Waals surface area contributed by atoms with E-state index >= 15 is 0 Å². The summed E-state index contributed by atoms with van der Waals surface area (Å²) in [4.78, 5) is 24.2. The first kappa shape index (κ1) is 19.3. The molecule has 3 aromatic rings. The third-order valence-corrected chi connectivity index (χ3v) is 7.60. The molecule has 10 heteroatoms. The van der Waals surface area contributed by atoms with Crippen LogP contribution >= 0.6 is 11.3 Å². The van der Waals surface area contributed by atoms with Gasteiger partial charge in [0.25, 0.3) is 10.0 Å². The van der Waals surface area contributed by atoms with E-state index in [1.54, 1.807) is 12.1 Å². The number of nitrogens with zero attached hydrogens (tertiary/aromatic N) is 1. The van der Waals surface area contributed by atoms with Crippen molar-refractivity contribution in [1.29, 1.82) is 0 Å². The highest BCUT2D eigenvalue weighted by molar-refractivity contribution is 7.91. The highest BCUT2D eigenvalue weighted by atomic mass is 32.2. The Bertz CT molecular complexity index is 1140. The molecule has 8 nitrogen and oxygen atoms in total. The van der Waals surface area contributed by atoms with Crippen LogP contribution in [0.1, 0.15) is 30.6 Å². The Labute approximate surface area is 159 Å². The molecule has 0 saturated carbocycles. The first-order valence-electron chi connectivity index (χ1n) is 8.06. The topological polar surface area (TPSA) is 117 Å². The van der Waals surface area contributed by atoms with Gasteiger partial charge in [0.1, 0.15) is 5.76 Å². The number of thiophene rings is 1. The number of rotatable bonds is 7. The fourth-order valence-corrected chi connectivity index (χ4v) is 5.19. The summed E-state index contributed by atoms with van der Waals surface area (Å²) in [7, 11) is -1.12. The fourth-order valence-electron chi connectivity index (χ4n) is 2.81. The van der Waals surface area contributed by atoms with Gasteiger partial charge in [-0.25, -0.2) is 12.7 Å². The monoisotopic (exact) mass is 410 g/mol. The molecule has 0 aliphatic rings. The van der Waals surface area contributed by atoms with Crippen LogP contribution in [0.3, 0.4) is 0 Å². The number of furan rings is 1. The number of hydrogen-bond donors (Lipinski definition) is 2.